The van der Waals surface area contributed by atoms with Gasteiger partial charge in [0.1, 0.15) is 0 Å². The van der Waals surface area contributed by atoms with Gasteiger partial charge < -0.3 is 11.1 Å². The Hall–Kier alpha value is -1.13. The fraction of sp³-hybridized carbons (Fsp3) is 0.455. The molecule has 0 spiro atoms. The number of carbonyl (C=O) groups is 1. The maximum absolute atomic E-state index is 11.9. The molecule has 1 aliphatic rings. The minimum atomic E-state index is -0.717. The number of amides is 1. The van der Waals surface area contributed by atoms with E-state index in [4.69, 9.17) is 17.3 Å². The molecule has 86 valence electrons. The first-order valence-electron chi connectivity index (χ1n) is 5.24. The lowest BCUT2D eigenvalue weighted by Gasteiger charge is -2.36. The zero-order chi connectivity index (χ0) is 11.8. The van der Waals surface area contributed by atoms with E-state index in [1.807, 2.05) is 6.92 Å². The number of aromatic nitrogens is 1. The first kappa shape index (κ1) is 11.4. The summed E-state index contributed by atoms with van der Waals surface area (Å²) in [7, 11) is 0. The SMILES string of the molecule is Cc1ccnc(Cl)c1NC(=O)C1(N)CCC1. The second kappa shape index (κ2) is 4.03. The van der Waals surface area contributed by atoms with Crippen molar-refractivity contribution in [3.8, 4) is 0 Å². The van der Waals surface area contributed by atoms with Crippen LogP contribution in [0.1, 0.15) is 24.8 Å². The van der Waals surface area contributed by atoms with Crippen LogP contribution in [-0.4, -0.2) is 16.4 Å². The number of aryl methyl sites for hydroxylation is 1. The summed E-state index contributed by atoms with van der Waals surface area (Å²) in [5, 5.41) is 3.06. The monoisotopic (exact) mass is 239 g/mol. The molecule has 1 heterocycles. The third kappa shape index (κ3) is 1.90. The van der Waals surface area contributed by atoms with Crippen molar-refractivity contribution in [3.63, 3.8) is 0 Å². The molecule has 0 aliphatic heterocycles. The van der Waals surface area contributed by atoms with Crippen molar-refractivity contribution in [1.29, 1.82) is 0 Å². The van der Waals surface area contributed by atoms with E-state index < -0.39 is 5.54 Å². The number of halogens is 1. The molecule has 16 heavy (non-hydrogen) atoms. The highest BCUT2D eigenvalue weighted by atomic mass is 35.5. The highest BCUT2D eigenvalue weighted by Crippen LogP contribution is 2.31. The largest absolute Gasteiger partial charge is 0.322 e. The van der Waals surface area contributed by atoms with E-state index >= 15 is 0 Å². The number of pyridine rings is 1. The minimum Gasteiger partial charge on any atom is -0.322 e. The summed E-state index contributed by atoms with van der Waals surface area (Å²) < 4.78 is 0. The quantitative estimate of drug-likeness (QED) is 0.775. The first-order valence-corrected chi connectivity index (χ1v) is 5.62. The van der Waals surface area contributed by atoms with Crippen molar-refractivity contribution in [1.82, 2.24) is 4.98 Å². The third-order valence-electron chi connectivity index (χ3n) is 3.05. The molecule has 1 amide bonds. The molecule has 0 unspecified atom stereocenters. The van der Waals surface area contributed by atoms with Gasteiger partial charge in [0.05, 0.1) is 11.2 Å². The van der Waals surface area contributed by atoms with Gasteiger partial charge in [-0.15, -0.1) is 0 Å². The summed E-state index contributed by atoms with van der Waals surface area (Å²) in [5.74, 6) is -0.170. The zero-order valence-corrected chi connectivity index (χ0v) is 9.84. The summed E-state index contributed by atoms with van der Waals surface area (Å²) in [6.07, 6.45) is 4.07. The molecule has 0 radical (unpaired) electrons. The Balaban J connectivity index is 2.18. The van der Waals surface area contributed by atoms with Crippen molar-refractivity contribution < 1.29 is 4.79 Å². The molecule has 1 saturated carbocycles. The molecule has 1 fully saturated rings. The molecular weight excluding hydrogens is 226 g/mol. The van der Waals surface area contributed by atoms with E-state index in [1.165, 1.54) is 0 Å². The minimum absolute atomic E-state index is 0.170. The molecule has 1 aromatic rings. The van der Waals surface area contributed by atoms with E-state index in [9.17, 15) is 4.79 Å². The average molecular weight is 240 g/mol. The molecule has 2 rings (SSSR count). The fourth-order valence-electron chi connectivity index (χ4n) is 1.70. The number of hydrogen-bond donors (Lipinski definition) is 2. The highest BCUT2D eigenvalue weighted by molar-refractivity contribution is 6.32. The molecule has 3 N–H and O–H groups in total. The number of nitrogens with two attached hydrogens (primary N) is 1. The second-order valence-electron chi connectivity index (χ2n) is 4.26. The summed E-state index contributed by atoms with van der Waals surface area (Å²) in [4.78, 5) is 15.8. The molecule has 1 aliphatic carbocycles. The van der Waals surface area contributed by atoms with E-state index in [0.717, 1.165) is 24.8 Å². The van der Waals surface area contributed by atoms with Crippen molar-refractivity contribution in [3.05, 3.63) is 23.0 Å². The molecule has 0 saturated heterocycles. The molecular formula is C11H14ClN3O. The van der Waals surface area contributed by atoms with E-state index in [-0.39, 0.29) is 5.91 Å². The number of anilines is 1. The maximum atomic E-state index is 11.9. The van der Waals surface area contributed by atoms with Gasteiger partial charge in [-0.05, 0) is 37.8 Å². The molecule has 0 bridgehead atoms. The molecule has 0 aromatic carbocycles. The van der Waals surface area contributed by atoms with Crippen LogP contribution in [0, 0.1) is 6.92 Å². The predicted molar refractivity (Wildman–Crippen MR) is 63.4 cm³/mol. The van der Waals surface area contributed by atoms with Crippen LogP contribution in [0.4, 0.5) is 5.69 Å². The van der Waals surface area contributed by atoms with Crippen LogP contribution in [0.5, 0.6) is 0 Å². The van der Waals surface area contributed by atoms with Gasteiger partial charge in [-0.1, -0.05) is 11.6 Å². The summed E-state index contributed by atoms with van der Waals surface area (Å²) in [6, 6.07) is 1.80. The van der Waals surface area contributed by atoms with Crippen LogP contribution >= 0.6 is 11.6 Å². The number of nitrogens with zero attached hydrogens (tertiary/aromatic N) is 1. The Bertz CT molecular complexity index is 409. The maximum Gasteiger partial charge on any atom is 0.244 e. The Morgan fingerprint density at radius 2 is 2.31 bits per heavy atom. The smallest absolute Gasteiger partial charge is 0.244 e. The highest BCUT2D eigenvalue weighted by Gasteiger charge is 2.40. The van der Waals surface area contributed by atoms with Gasteiger partial charge in [-0.2, -0.15) is 0 Å². The second-order valence-corrected chi connectivity index (χ2v) is 4.62. The Kier molecular flexibility index (Phi) is 2.86. The number of rotatable bonds is 2. The third-order valence-corrected chi connectivity index (χ3v) is 3.34. The van der Waals surface area contributed by atoms with Gasteiger partial charge >= 0.3 is 0 Å². The zero-order valence-electron chi connectivity index (χ0n) is 9.09. The topological polar surface area (TPSA) is 68.0 Å². The normalized spacial score (nSPS) is 17.7. The first-order chi connectivity index (χ1) is 7.53. The lowest BCUT2D eigenvalue weighted by molar-refractivity contribution is -0.123. The van der Waals surface area contributed by atoms with Crippen molar-refractivity contribution >= 4 is 23.2 Å². The van der Waals surface area contributed by atoms with Gasteiger partial charge in [0.25, 0.3) is 0 Å². The standard InChI is InChI=1S/C11H14ClN3O/c1-7-3-6-14-9(12)8(7)15-10(16)11(13)4-2-5-11/h3,6H,2,4-5,13H2,1H3,(H,15,16). The summed E-state index contributed by atoms with van der Waals surface area (Å²) >= 11 is 5.92. The lowest BCUT2D eigenvalue weighted by atomic mass is 9.77. The molecule has 5 heteroatoms. The van der Waals surface area contributed by atoms with Crippen molar-refractivity contribution in [2.24, 2.45) is 5.73 Å². The summed E-state index contributed by atoms with van der Waals surface area (Å²) in [5.41, 5.74) is 6.65. The Labute approximate surface area is 99.2 Å². The van der Waals surface area contributed by atoms with Crippen LogP contribution < -0.4 is 11.1 Å². The van der Waals surface area contributed by atoms with Gasteiger partial charge in [0, 0.05) is 6.20 Å². The summed E-state index contributed by atoms with van der Waals surface area (Å²) in [6.45, 7) is 1.87. The van der Waals surface area contributed by atoms with E-state index in [0.29, 0.717) is 10.8 Å². The average Bonchev–Trinajstić information content (AvgIpc) is 2.20. The predicted octanol–water partition coefficient (Wildman–Crippen LogP) is 1.86. The number of hydrogen-bond acceptors (Lipinski definition) is 3. The van der Waals surface area contributed by atoms with Crippen LogP contribution in [0.25, 0.3) is 0 Å². The van der Waals surface area contributed by atoms with Gasteiger partial charge in [-0.25, -0.2) is 4.98 Å². The van der Waals surface area contributed by atoms with Crippen LogP contribution in [0.3, 0.4) is 0 Å². The van der Waals surface area contributed by atoms with Crippen molar-refractivity contribution in [2.75, 3.05) is 5.32 Å². The Morgan fingerprint density at radius 1 is 1.62 bits per heavy atom. The van der Waals surface area contributed by atoms with Crippen molar-refractivity contribution in [2.45, 2.75) is 31.7 Å². The molecule has 4 nitrogen and oxygen atoms in total. The fourth-order valence-corrected chi connectivity index (χ4v) is 1.95. The van der Waals surface area contributed by atoms with Crippen LogP contribution in [0.15, 0.2) is 12.3 Å². The van der Waals surface area contributed by atoms with E-state index in [1.54, 1.807) is 12.3 Å². The van der Waals surface area contributed by atoms with Crippen LogP contribution in [-0.2, 0) is 4.79 Å². The van der Waals surface area contributed by atoms with Crippen LogP contribution in [0.2, 0.25) is 5.15 Å². The van der Waals surface area contributed by atoms with Gasteiger partial charge in [-0.3, -0.25) is 4.79 Å². The molecule has 0 atom stereocenters. The number of nitrogens with one attached hydrogen (secondary N) is 1. The molecule has 1 aromatic heterocycles. The number of carbonyl (C=O) groups excluding carboxylic acids is 1. The van der Waals surface area contributed by atoms with E-state index in [2.05, 4.69) is 10.3 Å². The van der Waals surface area contributed by atoms with Gasteiger partial charge in [0.2, 0.25) is 5.91 Å². The Morgan fingerprint density at radius 3 is 2.81 bits per heavy atom. The van der Waals surface area contributed by atoms with Gasteiger partial charge in [0.15, 0.2) is 5.15 Å². The lowest BCUT2D eigenvalue weighted by Crippen LogP contribution is -2.56.